The van der Waals surface area contributed by atoms with Crippen LogP contribution in [0.1, 0.15) is 40.5 Å². The first-order valence-corrected chi connectivity index (χ1v) is 6.76. The third-order valence-electron chi connectivity index (χ3n) is 3.33. The lowest BCUT2D eigenvalue weighted by Gasteiger charge is -1.95. The van der Waals surface area contributed by atoms with Gasteiger partial charge in [-0.3, -0.25) is 20.0 Å². The lowest BCUT2D eigenvalue weighted by molar-refractivity contribution is -0.384. The molecule has 1 aromatic carbocycles. The summed E-state index contributed by atoms with van der Waals surface area (Å²) >= 11 is 0. The van der Waals surface area contributed by atoms with E-state index in [0.29, 0.717) is 17.2 Å². The summed E-state index contributed by atoms with van der Waals surface area (Å²) < 4.78 is 0. The van der Waals surface area contributed by atoms with Crippen molar-refractivity contribution in [1.82, 2.24) is 15.6 Å². The van der Waals surface area contributed by atoms with Gasteiger partial charge in [-0.2, -0.15) is 10.2 Å². The van der Waals surface area contributed by atoms with E-state index in [1.54, 1.807) is 18.2 Å². The van der Waals surface area contributed by atoms with Gasteiger partial charge in [0.15, 0.2) is 5.69 Å². The van der Waals surface area contributed by atoms with Gasteiger partial charge in [0.05, 0.1) is 11.1 Å². The van der Waals surface area contributed by atoms with Crippen LogP contribution in [0.2, 0.25) is 0 Å². The number of non-ortho nitro benzene ring substituents is 1. The minimum absolute atomic E-state index is 0.00492. The van der Waals surface area contributed by atoms with E-state index in [9.17, 15) is 14.9 Å². The molecule has 112 valence electrons. The molecule has 8 nitrogen and oxygen atoms in total. The maximum atomic E-state index is 11.8. The Morgan fingerprint density at radius 2 is 2.14 bits per heavy atom. The Morgan fingerprint density at radius 1 is 1.41 bits per heavy atom. The summed E-state index contributed by atoms with van der Waals surface area (Å²) in [5.74, 6) is 0.0963. The van der Waals surface area contributed by atoms with Crippen LogP contribution in [0.4, 0.5) is 5.69 Å². The number of hydrogen-bond donors (Lipinski definition) is 2. The fourth-order valence-corrected chi connectivity index (χ4v) is 1.96. The topological polar surface area (TPSA) is 113 Å². The molecule has 1 heterocycles. The predicted octanol–water partition coefficient (Wildman–Crippen LogP) is 1.96. The van der Waals surface area contributed by atoms with E-state index < -0.39 is 10.8 Å². The second-order valence-electron chi connectivity index (χ2n) is 5.03. The highest BCUT2D eigenvalue weighted by Gasteiger charge is 2.26. The number of benzene rings is 1. The molecule has 1 aliphatic carbocycles. The molecule has 0 unspecified atom stereocenters. The van der Waals surface area contributed by atoms with Crippen LogP contribution in [0.3, 0.4) is 0 Å². The average Bonchev–Trinajstić information content (AvgIpc) is 3.25. The lowest BCUT2D eigenvalue weighted by atomic mass is 10.2. The van der Waals surface area contributed by atoms with Gasteiger partial charge in [0.2, 0.25) is 0 Å². The number of hydrogen-bond acceptors (Lipinski definition) is 5. The second-order valence-corrected chi connectivity index (χ2v) is 5.03. The van der Waals surface area contributed by atoms with Crippen molar-refractivity contribution in [1.29, 1.82) is 0 Å². The van der Waals surface area contributed by atoms with Crippen LogP contribution >= 0.6 is 0 Å². The summed E-state index contributed by atoms with van der Waals surface area (Å²) in [6.07, 6.45) is 3.67. The van der Waals surface area contributed by atoms with Crippen molar-refractivity contribution in [3.63, 3.8) is 0 Å². The molecule has 0 atom stereocenters. The van der Waals surface area contributed by atoms with E-state index in [1.807, 2.05) is 0 Å². The number of carbonyl (C=O) groups is 1. The molecule has 1 aliphatic rings. The van der Waals surface area contributed by atoms with Gasteiger partial charge >= 0.3 is 0 Å². The van der Waals surface area contributed by atoms with Gasteiger partial charge < -0.3 is 0 Å². The van der Waals surface area contributed by atoms with Crippen molar-refractivity contribution in [2.75, 3.05) is 0 Å². The highest BCUT2D eigenvalue weighted by molar-refractivity contribution is 5.93. The summed E-state index contributed by atoms with van der Waals surface area (Å²) in [6.45, 7) is 0. The van der Waals surface area contributed by atoms with Gasteiger partial charge in [0, 0.05) is 23.7 Å². The van der Waals surface area contributed by atoms with Crippen molar-refractivity contribution in [2.24, 2.45) is 5.10 Å². The number of aromatic nitrogens is 2. The fraction of sp³-hybridized carbons (Fsp3) is 0.214. The SMILES string of the molecule is O=C(N/N=C\c1ccc([N+](=O)[O-])cc1)c1cc(C2CC2)[nH]n1. The highest BCUT2D eigenvalue weighted by atomic mass is 16.6. The van der Waals surface area contributed by atoms with Gasteiger partial charge in [0.1, 0.15) is 0 Å². The number of rotatable bonds is 5. The summed E-state index contributed by atoms with van der Waals surface area (Å²) in [6, 6.07) is 7.58. The van der Waals surface area contributed by atoms with E-state index in [-0.39, 0.29) is 5.69 Å². The molecule has 3 rings (SSSR count). The van der Waals surface area contributed by atoms with Crippen LogP contribution in [-0.4, -0.2) is 27.2 Å². The molecule has 22 heavy (non-hydrogen) atoms. The molecule has 1 amide bonds. The first-order valence-electron chi connectivity index (χ1n) is 6.76. The van der Waals surface area contributed by atoms with Crippen LogP contribution in [0, 0.1) is 10.1 Å². The van der Waals surface area contributed by atoms with E-state index in [0.717, 1.165) is 18.5 Å². The van der Waals surface area contributed by atoms with E-state index in [1.165, 1.54) is 18.3 Å². The van der Waals surface area contributed by atoms with Crippen LogP contribution in [0.25, 0.3) is 0 Å². The Morgan fingerprint density at radius 3 is 2.77 bits per heavy atom. The molecule has 1 fully saturated rings. The third-order valence-corrected chi connectivity index (χ3v) is 3.33. The number of nitro benzene ring substituents is 1. The Balaban J connectivity index is 1.58. The van der Waals surface area contributed by atoms with Crippen molar-refractivity contribution >= 4 is 17.8 Å². The van der Waals surface area contributed by atoms with Gasteiger partial charge in [0.25, 0.3) is 11.6 Å². The van der Waals surface area contributed by atoms with Crippen LogP contribution in [-0.2, 0) is 0 Å². The Labute approximate surface area is 125 Å². The summed E-state index contributed by atoms with van der Waals surface area (Å²) in [4.78, 5) is 21.9. The first kappa shape index (κ1) is 13.9. The standard InChI is InChI=1S/C14H13N5O3/c20-14(13-7-12(16-17-13)10-3-4-10)18-15-8-9-1-5-11(6-2-9)19(21)22/h1-2,5-8,10H,3-4H2,(H,16,17)(H,18,20)/b15-8-. The lowest BCUT2D eigenvalue weighted by Crippen LogP contribution is -2.18. The number of hydrazone groups is 1. The van der Waals surface area contributed by atoms with Crippen molar-refractivity contribution in [3.05, 3.63) is 57.4 Å². The zero-order chi connectivity index (χ0) is 15.5. The maximum Gasteiger partial charge on any atom is 0.291 e. The normalized spacial score (nSPS) is 14.2. The molecule has 0 saturated heterocycles. The van der Waals surface area contributed by atoms with Crippen LogP contribution < -0.4 is 5.43 Å². The van der Waals surface area contributed by atoms with Crippen molar-refractivity contribution in [3.8, 4) is 0 Å². The second kappa shape index (κ2) is 5.76. The Kier molecular flexibility index (Phi) is 3.65. The van der Waals surface area contributed by atoms with Gasteiger partial charge in [-0.25, -0.2) is 5.43 Å². The largest absolute Gasteiger partial charge is 0.291 e. The van der Waals surface area contributed by atoms with E-state index >= 15 is 0 Å². The number of H-pyrrole nitrogens is 1. The quantitative estimate of drug-likeness (QED) is 0.499. The molecule has 2 aromatic rings. The number of carbonyl (C=O) groups excluding carboxylic acids is 1. The highest BCUT2D eigenvalue weighted by Crippen LogP contribution is 2.38. The number of amides is 1. The molecule has 1 aromatic heterocycles. The summed E-state index contributed by atoms with van der Waals surface area (Å²) in [5, 5.41) is 21.1. The summed E-state index contributed by atoms with van der Waals surface area (Å²) in [5.41, 5.74) is 4.29. The Bertz CT molecular complexity index is 731. The molecule has 0 radical (unpaired) electrons. The molecule has 2 N–H and O–H groups in total. The molecular formula is C14H13N5O3. The number of nitrogens with zero attached hydrogens (tertiary/aromatic N) is 3. The molecule has 1 saturated carbocycles. The van der Waals surface area contributed by atoms with Crippen LogP contribution in [0.15, 0.2) is 35.4 Å². The molecular weight excluding hydrogens is 286 g/mol. The minimum Gasteiger partial charge on any atom is -0.281 e. The van der Waals surface area contributed by atoms with Crippen molar-refractivity contribution in [2.45, 2.75) is 18.8 Å². The predicted molar refractivity (Wildman–Crippen MR) is 78.7 cm³/mol. The fourth-order valence-electron chi connectivity index (χ4n) is 1.96. The van der Waals surface area contributed by atoms with E-state index in [2.05, 4.69) is 20.7 Å². The Hall–Kier alpha value is -3.03. The van der Waals surface area contributed by atoms with Crippen LogP contribution in [0.5, 0.6) is 0 Å². The van der Waals surface area contributed by atoms with Gasteiger partial charge in [-0.1, -0.05) is 0 Å². The number of aromatic amines is 1. The maximum absolute atomic E-state index is 11.8. The molecule has 8 heteroatoms. The van der Waals surface area contributed by atoms with Gasteiger partial charge in [-0.05, 0) is 36.6 Å². The smallest absolute Gasteiger partial charge is 0.281 e. The minimum atomic E-state index is -0.474. The zero-order valence-electron chi connectivity index (χ0n) is 11.5. The summed E-state index contributed by atoms with van der Waals surface area (Å²) in [7, 11) is 0. The first-order chi connectivity index (χ1) is 10.6. The third kappa shape index (κ3) is 3.17. The molecule has 0 aliphatic heterocycles. The number of nitrogens with one attached hydrogen (secondary N) is 2. The zero-order valence-corrected chi connectivity index (χ0v) is 11.5. The van der Waals surface area contributed by atoms with Gasteiger partial charge in [-0.15, -0.1) is 0 Å². The molecule has 0 bridgehead atoms. The average molecular weight is 299 g/mol. The molecule has 0 spiro atoms. The number of nitro groups is 1. The monoisotopic (exact) mass is 299 g/mol. The van der Waals surface area contributed by atoms with Crippen molar-refractivity contribution < 1.29 is 9.72 Å². The van der Waals surface area contributed by atoms with E-state index in [4.69, 9.17) is 0 Å².